The molecule has 4 aliphatic heterocycles. The lowest BCUT2D eigenvalue weighted by molar-refractivity contribution is -0.265. The zero-order valence-electron chi connectivity index (χ0n) is 74.7. The molecule has 3 amide bonds. The number of rotatable bonds is 41. The molecule has 5 aliphatic rings. The third-order valence-electron chi connectivity index (χ3n) is 23.9. The fourth-order valence-corrected chi connectivity index (χ4v) is 16.5. The number of anilines is 1. The van der Waals surface area contributed by atoms with E-state index in [1.165, 1.54) is 26.4 Å². The SMILES string of the molecule is CO[C@H]1C[C@@H]2CC[C@@H](C)[C@@](O)(O2)C(=O)C(=O)N2CCCC[C@H]2C(=O)O[C@H]([C@H](N)CC2CC[C@@H](OC(=O)NCCOCCOCCOCCOCCOCCOCCOCCOCCOCCOCCC(=O)N3CCC(n4nc(-c5cnc6[nH]ccc6c5)c5c(N)ncnc54)CC3)[C@H](OC)C2)CC(=O)[C@H](C)/C=C(\C)[C@@H](O)[C@@H](O)C(=O)[C@H](C)C[C@H](C)/C=C/C=C/C=C/1C. The van der Waals surface area contributed by atoms with Crippen molar-refractivity contribution in [3.63, 3.8) is 0 Å². The minimum absolute atomic E-state index is 0.00144. The molecule has 4 fully saturated rings. The fourth-order valence-electron chi connectivity index (χ4n) is 16.5. The molecule has 1 saturated carbocycles. The number of hydrogen-bond acceptors (Lipinski definition) is 31. The number of pyridine rings is 1. The van der Waals surface area contributed by atoms with Gasteiger partial charge < -0.3 is 118 Å². The highest BCUT2D eigenvalue weighted by Crippen LogP contribution is 2.39. The van der Waals surface area contributed by atoms with Gasteiger partial charge in [0.05, 0.1) is 168 Å². The van der Waals surface area contributed by atoms with Crippen molar-refractivity contribution in [1.82, 2.24) is 44.8 Å². The lowest BCUT2D eigenvalue weighted by atomic mass is 9.80. The molecular formula is C90H137N11O25. The Balaban J connectivity index is 0.568. The van der Waals surface area contributed by atoms with Gasteiger partial charge in [0.15, 0.2) is 11.4 Å². The molecule has 0 radical (unpaired) electrons. The van der Waals surface area contributed by atoms with Crippen LogP contribution in [-0.4, -0.2) is 329 Å². The van der Waals surface area contributed by atoms with Crippen LogP contribution in [0.4, 0.5) is 10.6 Å². The van der Waals surface area contributed by atoms with E-state index in [4.69, 9.17) is 87.6 Å². The molecule has 4 aromatic heterocycles. The number of ketones is 3. The molecule has 4 aromatic rings. The highest BCUT2D eigenvalue weighted by molar-refractivity contribution is 6.39. The number of methoxy groups -OCH3 is 2. The maximum absolute atomic E-state index is 14.6. The van der Waals surface area contributed by atoms with Crippen molar-refractivity contribution in [3.8, 4) is 11.3 Å². The van der Waals surface area contributed by atoms with E-state index in [1.54, 1.807) is 34.1 Å². The molecular weight excluding hydrogens is 1640 g/mol. The van der Waals surface area contributed by atoms with Gasteiger partial charge in [0.2, 0.25) is 11.7 Å². The minimum atomic E-state index is -2.51. The number of nitrogen functional groups attached to an aromatic ring is 1. The zero-order chi connectivity index (χ0) is 90.3. The summed E-state index contributed by atoms with van der Waals surface area (Å²) >= 11 is 0. The Kier molecular flexibility index (Phi) is 43.5. The Hall–Kier alpha value is -7.99. The number of aromatic nitrogens is 6. The predicted molar refractivity (Wildman–Crippen MR) is 464 cm³/mol. The number of aromatic amines is 1. The van der Waals surface area contributed by atoms with E-state index in [-0.39, 0.29) is 81.3 Å². The summed E-state index contributed by atoms with van der Waals surface area (Å²) in [5.41, 5.74) is 17.3. The van der Waals surface area contributed by atoms with Crippen molar-refractivity contribution >= 4 is 69.1 Å². The second kappa shape index (κ2) is 53.8. The van der Waals surface area contributed by atoms with Crippen LogP contribution < -0.4 is 16.8 Å². The number of carbonyl (C=O) groups excluding carboxylic acids is 7. The van der Waals surface area contributed by atoms with Gasteiger partial charge in [0, 0.05) is 100 Å². The number of Topliss-reactive ketones (excluding diaryl/α,β-unsaturated/α-hetero) is 3. The molecule has 702 valence electrons. The van der Waals surface area contributed by atoms with Gasteiger partial charge in [0.25, 0.3) is 11.7 Å². The molecule has 9 N–H and O–H groups in total. The maximum atomic E-state index is 14.6. The molecule has 2 bridgehead atoms. The monoisotopic (exact) mass is 1770 g/mol. The van der Waals surface area contributed by atoms with Gasteiger partial charge in [-0.15, -0.1) is 0 Å². The van der Waals surface area contributed by atoms with Crippen LogP contribution in [0.2, 0.25) is 0 Å². The molecule has 36 heteroatoms. The largest absolute Gasteiger partial charge is 0.459 e. The number of nitrogens with two attached hydrogens (primary N) is 2. The van der Waals surface area contributed by atoms with E-state index < -0.39 is 120 Å². The summed E-state index contributed by atoms with van der Waals surface area (Å²) in [5.74, 6) is -8.89. The number of amides is 3. The zero-order valence-corrected chi connectivity index (χ0v) is 74.7. The van der Waals surface area contributed by atoms with Crippen molar-refractivity contribution in [3.05, 3.63) is 78.5 Å². The standard InChI is InChI=1S/C90H137N11O25/c1-59-14-10-9-11-15-60(2)74(112-7)55-69-19-17-64(6)90(111,126-69)83(107)87(108)100-27-13-12-16-71(100)88(109)124-75(56-72(102)61(3)51-63(5)81(105)82(106)80(104)62(4)50-59)70(91)52-65-18-20-73(76(53-65)113-8)125-89(110)94-26-31-115-33-35-117-37-39-119-41-43-121-45-47-123-49-48-122-46-44-120-42-40-118-38-36-116-34-32-114-30-24-77(103)99-28-22-68(23-29-99)101-86-78(84(92)96-58-97-86)79(98-101)67-54-66-21-25-93-85(66)95-57-67/h9-11,14-15,21,25,51,54,57-59,61-62,64-65,68-71,73-76,81-82,105-106,111H,12-13,16-20,22-24,26-50,52-53,55-56,91H2,1-8H3,(H,93,95)(H,94,110)(H2,92,96,97)/b11-9+,14-10+,60-15+,63-51+/t59-,61-,62-,64-,65?,69+,70-,71+,73-,74+,75+,76-,81-,82+,90-/m1/s1. The van der Waals surface area contributed by atoms with E-state index in [2.05, 4.69) is 25.3 Å². The maximum Gasteiger partial charge on any atom is 0.407 e. The lowest BCUT2D eigenvalue weighted by Gasteiger charge is -2.42. The van der Waals surface area contributed by atoms with Crippen LogP contribution in [0.25, 0.3) is 33.3 Å². The first-order valence-electron chi connectivity index (χ1n) is 44.7. The van der Waals surface area contributed by atoms with Crippen molar-refractivity contribution in [2.75, 3.05) is 178 Å². The first-order chi connectivity index (χ1) is 60.9. The van der Waals surface area contributed by atoms with E-state index in [9.17, 15) is 48.9 Å². The summed E-state index contributed by atoms with van der Waals surface area (Å²) in [6.45, 7) is 19.1. The highest BCUT2D eigenvalue weighted by atomic mass is 16.6. The quantitative estimate of drug-likeness (QED) is 0.0106. The number of esters is 1. The number of aliphatic hydroxyl groups is 3. The van der Waals surface area contributed by atoms with Crippen LogP contribution in [0, 0.1) is 29.6 Å². The molecule has 0 aromatic carbocycles. The summed E-state index contributed by atoms with van der Waals surface area (Å²) in [6, 6.07) is 1.77. The van der Waals surface area contributed by atoms with Crippen molar-refractivity contribution in [2.45, 2.75) is 204 Å². The van der Waals surface area contributed by atoms with E-state index >= 15 is 0 Å². The number of likely N-dealkylation sites (tertiary alicyclic amines) is 1. The second-order valence-electron chi connectivity index (χ2n) is 33.2. The van der Waals surface area contributed by atoms with Gasteiger partial charge in [-0.25, -0.2) is 29.2 Å². The topological polar surface area (TPSA) is 461 Å². The molecule has 36 nitrogen and oxygen atoms in total. The van der Waals surface area contributed by atoms with Crippen molar-refractivity contribution in [2.24, 2.45) is 35.3 Å². The van der Waals surface area contributed by atoms with Crippen molar-refractivity contribution < 1.29 is 120 Å². The average Bonchev–Trinajstić information content (AvgIpc) is 1.78. The summed E-state index contributed by atoms with van der Waals surface area (Å²) < 4.78 is 88.0. The number of aliphatic hydroxyl groups excluding tert-OH is 2. The summed E-state index contributed by atoms with van der Waals surface area (Å²) in [7, 11) is 3.06. The number of carbonyl (C=O) groups is 7. The number of H-pyrrole nitrogens is 1. The molecule has 8 heterocycles. The number of piperidine rings is 2. The van der Waals surface area contributed by atoms with Gasteiger partial charge in [-0.1, -0.05) is 64.2 Å². The predicted octanol–water partition coefficient (Wildman–Crippen LogP) is 6.64. The summed E-state index contributed by atoms with van der Waals surface area (Å²) in [5, 5.41) is 43.9. The Morgan fingerprint density at radius 2 is 1.30 bits per heavy atom. The van der Waals surface area contributed by atoms with Gasteiger partial charge in [-0.05, 0) is 126 Å². The van der Waals surface area contributed by atoms with Crippen LogP contribution in [-0.2, 0) is 99.8 Å². The number of hydrogen-bond donors (Lipinski definition) is 7. The van der Waals surface area contributed by atoms with Gasteiger partial charge in [-0.2, -0.15) is 5.10 Å². The molecule has 1 aliphatic carbocycles. The molecule has 3 saturated heterocycles. The second-order valence-corrected chi connectivity index (χ2v) is 33.2. The molecule has 9 rings (SSSR count). The third kappa shape index (κ3) is 31.4. The molecule has 0 spiro atoms. The number of ether oxygens (including phenoxy) is 15. The summed E-state index contributed by atoms with van der Waals surface area (Å²) in [6.07, 6.45) is 13.6. The van der Waals surface area contributed by atoms with Crippen LogP contribution in [0.15, 0.2) is 78.5 Å². The first kappa shape index (κ1) is 102. The van der Waals surface area contributed by atoms with Crippen LogP contribution in [0.5, 0.6) is 0 Å². The number of nitrogens with zero attached hydrogens (tertiary/aromatic N) is 7. The smallest absolute Gasteiger partial charge is 0.407 e. The Bertz CT molecular complexity index is 4150. The average molecular weight is 1770 g/mol. The highest BCUT2D eigenvalue weighted by Gasteiger charge is 2.53. The fraction of sp³-hybridized carbons (Fsp3) is 0.700. The Morgan fingerprint density at radius 3 is 1.92 bits per heavy atom. The minimum Gasteiger partial charge on any atom is -0.459 e. The van der Waals surface area contributed by atoms with Gasteiger partial charge in [-0.3, -0.25) is 24.0 Å². The number of alkyl carbamates (subject to hydrolysis) is 1. The summed E-state index contributed by atoms with van der Waals surface area (Å²) in [4.78, 5) is 117. The van der Waals surface area contributed by atoms with Gasteiger partial charge >= 0.3 is 12.1 Å². The van der Waals surface area contributed by atoms with Gasteiger partial charge in [0.1, 0.15) is 59.7 Å². The normalized spacial score (nSPS) is 27.5. The van der Waals surface area contributed by atoms with E-state index in [1.807, 2.05) is 72.1 Å². The first-order valence-corrected chi connectivity index (χ1v) is 44.7. The van der Waals surface area contributed by atoms with Crippen LogP contribution >= 0.6 is 0 Å². The molecule has 126 heavy (non-hydrogen) atoms. The lowest BCUT2D eigenvalue weighted by Crippen LogP contribution is -2.61. The Morgan fingerprint density at radius 1 is 0.683 bits per heavy atom. The van der Waals surface area contributed by atoms with E-state index in [0.717, 1.165) is 39.9 Å². The van der Waals surface area contributed by atoms with Crippen molar-refractivity contribution in [1.29, 1.82) is 0 Å². The third-order valence-corrected chi connectivity index (χ3v) is 23.9. The van der Waals surface area contributed by atoms with Crippen LogP contribution in [0.1, 0.15) is 144 Å². The number of allylic oxidation sites excluding steroid dienone is 6. The Labute approximate surface area is 738 Å². The van der Waals surface area contributed by atoms with E-state index in [0.29, 0.717) is 206 Å². The number of cyclic esters (lactones) is 1. The molecule has 1 unspecified atom stereocenters. The molecule has 15 atom stereocenters. The number of nitrogens with one attached hydrogen (secondary N) is 2. The van der Waals surface area contributed by atoms with Crippen LogP contribution in [0.3, 0.4) is 0 Å². The number of fused-ring (bicyclic) bond motifs is 5.